The van der Waals surface area contributed by atoms with Crippen LogP contribution < -0.4 is 5.32 Å². The van der Waals surface area contributed by atoms with Crippen molar-refractivity contribution in [3.8, 4) is 0 Å². The molecule has 0 spiro atoms. The fourth-order valence-electron chi connectivity index (χ4n) is 3.04. The van der Waals surface area contributed by atoms with Gasteiger partial charge in [-0.05, 0) is 37.0 Å². The number of rotatable bonds is 2. The van der Waals surface area contributed by atoms with Gasteiger partial charge in [0.05, 0.1) is 4.90 Å². The van der Waals surface area contributed by atoms with E-state index in [9.17, 15) is 8.42 Å². The second kappa shape index (κ2) is 5.74. The van der Waals surface area contributed by atoms with E-state index in [1.165, 1.54) is 12.0 Å². The number of fused-ring (bicyclic) bond motifs is 1. The average Bonchev–Trinajstić information content (AvgIpc) is 2.84. The molecule has 5 heteroatoms. The first-order valence-corrected chi connectivity index (χ1v) is 8.99. The minimum absolute atomic E-state index is 0.436. The number of hydrogen-bond acceptors (Lipinski definition) is 3. The maximum absolute atomic E-state index is 12.8. The maximum atomic E-state index is 12.8. The second-order valence-electron chi connectivity index (χ2n) is 5.67. The molecule has 20 heavy (non-hydrogen) atoms. The minimum atomic E-state index is -3.33. The first-order chi connectivity index (χ1) is 9.68. The molecular formula is C15H22N2O2S. The number of anilines is 1. The van der Waals surface area contributed by atoms with Gasteiger partial charge in [0, 0.05) is 25.3 Å². The van der Waals surface area contributed by atoms with Gasteiger partial charge in [-0.2, -0.15) is 4.31 Å². The van der Waals surface area contributed by atoms with E-state index in [2.05, 4.69) is 5.32 Å². The Bertz CT molecular complexity index is 576. The van der Waals surface area contributed by atoms with Crippen molar-refractivity contribution in [3.05, 3.63) is 23.8 Å². The van der Waals surface area contributed by atoms with Crippen LogP contribution >= 0.6 is 0 Å². The number of nitrogens with zero attached hydrogens (tertiary/aromatic N) is 1. The van der Waals surface area contributed by atoms with Crippen LogP contribution in [0.25, 0.3) is 0 Å². The molecule has 110 valence electrons. The lowest BCUT2D eigenvalue weighted by atomic mass is 10.1. The van der Waals surface area contributed by atoms with E-state index in [-0.39, 0.29) is 0 Å². The molecule has 0 bridgehead atoms. The summed E-state index contributed by atoms with van der Waals surface area (Å²) in [5.41, 5.74) is 2.20. The topological polar surface area (TPSA) is 49.4 Å². The molecule has 0 radical (unpaired) electrons. The summed E-state index contributed by atoms with van der Waals surface area (Å²) < 4.78 is 27.2. The van der Waals surface area contributed by atoms with Gasteiger partial charge in [-0.1, -0.05) is 25.3 Å². The third kappa shape index (κ3) is 2.69. The van der Waals surface area contributed by atoms with Crippen LogP contribution in [0.15, 0.2) is 23.1 Å². The molecule has 1 aromatic carbocycles. The number of hydrogen-bond donors (Lipinski definition) is 1. The third-order valence-corrected chi connectivity index (χ3v) is 6.14. The highest BCUT2D eigenvalue weighted by Crippen LogP contribution is 2.27. The van der Waals surface area contributed by atoms with Crippen molar-refractivity contribution in [1.82, 2.24) is 4.31 Å². The summed E-state index contributed by atoms with van der Waals surface area (Å²) in [6.07, 6.45) is 6.44. The quantitative estimate of drug-likeness (QED) is 0.912. The summed E-state index contributed by atoms with van der Waals surface area (Å²) in [5.74, 6) is 0. The van der Waals surface area contributed by atoms with Crippen LogP contribution in [0.1, 0.15) is 37.7 Å². The van der Waals surface area contributed by atoms with Crippen LogP contribution in [0.4, 0.5) is 5.69 Å². The van der Waals surface area contributed by atoms with Crippen LogP contribution in [0, 0.1) is 0 Å². The molecule has 1 aromatic rings. The van der Waals surface area contributed by atoms with Crippen LogP contribution in [-0.4, -0.2) is 32.4 Å². The molecule has 2 aliphatic rings. The predicted molar refractivity (Wildman–Crippen MR) is 80.5 cm³/mol. The van der Waals surface area contributed by atoms with Gasteiger partial charge in [0.1, 0.15) is 0 Å². The van der Waals surface area contributed by atoms with Crippen molar-refractivity contribution in [3.63, 3.8) is 0 Å². The van der Waals surface area contributed by atoms with Gasteiger partial charge in [-0.25, -0.2) is 8.42 Å². The molecule has 0 aromatic heterocycles. The SMILES string of the molecule is O=S(=O)(c1ccc2c(c1)NCC2)N1CCCCCCC1. The lowest BCUT2D eigenvalue weighted by Crippen LogP contribution is -2.33. The normalized spacial score (nSPS) is 20.8. The lowest BCUT2D eigenvalue weighted by molar-refractivity contribution is 0.364. The fraction of sp³-hybridized carbons (Fsp3) is 0.600. The lowest BCUT2D eigenvalue weighted by Gasteiger charge is -2.24. The number of sulfonamides is 1. The summed E-state index contributed by atoms with van der Waals surface area (Å²) in [5, 5.41) is 3.25. The Hall–Kier alpha value is -1.07. The summed E-state index contributed by atoms with van der Waals surface area (Å²) >= 11 is 0. The van der Waals surface area contributed by atoms with Gasteiger partial charge >= 0.3 is 0 Å². The van der Waals surface area contributed by atoms with Crippen molar-refractivity contribution < 1.29 is 8.42 Å². The molecule has 0 unspecified atom stereocenters. The second-order valence-corrected chi connectivity index (χ2v) is 7.61. The minimum Gasteiger partial charge on any atom is -0.384 e. The van der Waals surface area contributed by atoms with Gasteiger partial charge in [0.15, 0.2) is 0 Å². The molecule has 0 atom stereocenters. The Morgan fingerprint density at radius 1 is 1.00 bits per heavy atom. The first kappa shape index (κ1) is 13.9. The number of nitrogens with one attached hydrogen (secondary N) is 1. The predicted octanol–water partition coefficient (Wildman–Crippen LogP) is 2.61. The van der Waals surface area contributed by atoms with Crippen LogP contribution in [0.2, 0.25) is 0 Å². The molecule has 2 aliphatic heterocycles. The molecule has 2 heterocycles. The molecule has 1 fully saturated rings. The molecular weight excluding hydrogens is 272 g/mol. The molecule has 0 amide bonds. The Labute approximate surface area is 121 Å². The van der Waals surface area contributed by atoms with E-state index in [1.54, 1.807) is 16.4 Å². The molecule has 0 saturated carbocycles. The van der Waals surface area contributed by atoms with E-state index in [1.807, 2.05) is 6.07 Å². The van der Waals surface area contributed by atoms with Gasteiger partial charge in [0.2, 0.25) is 10.0 Å². The molecule has 3 rings (SSSR count). The van der Waals surface area contributed by atoms with Crippen LogP contribution in [-0.2, 0) is 16.4 Å². The zero-order chi connectivity index (χ0) is 14.0. The Kier molecular flexibility index (Phi) is 3.98. The molecule has 0 aliphatic carbocycles. The average molecular weight is 294 g/mol. The highest BCUT2D eigenvalue weighted by molar-refractivity contribution is 7.89. The van der Waals surface area contributed by atoms with Crippen molar-refractivity contribution >= 4 is 15.7 Å². The van der Waals surface area contributed by atoms with Gasteiger partial charge in [-0.15, -0.1) is 0 Å². The Morgan fingerprint density at radius 3 is 2.45 bits per heavy atom. The van der Waals surface area contributed by atoms with Gasteiger partial charge in [-0.3, -0.25) is 0 Å². The highest BCUT2D eigenvalue weighted by Gasteiger charge is 2.25. The van der Waals surface area contributed by atoms with Crippen LogP contribution in [0.5, 0.6) is 0 Å². The summed E-state index contributed by atoms with van der Waals surface area (Å²) in [7, 11) is -3.33. The summed E-state index contributed by atoms with van der Waals surface area (Å²) in [6.45, 7) is 2.22. The van der Waals surface area contributed by atoms with E-state index in [0.717, 1.165) is 44.3 Å². The molecule has 4 nitrogen and oxygen atoms in total. The number of benzene rings is 1. The smallest absolute Gasteiger partial charge is 0.243 e. The zero-order valence-electron chi connectivity index (χ0n) is 11.8. The van der Waals surface area contributed by atoms with Crippen molar-refractivity contribution in [2.24, 2.45) is 0 Å². The van der Waals surface area contributed by atoms with Gasteiger partial charge < -0.3 is 5.32 Å². The summed E-state index contributed by atoms with van der Waals surface area (Å²) in [6, 6.07) is 5.52. The van der Waals surface area contributed by atoms with Crippen molar-refractivity contribution in [2.45, 2.75) is 43.4 Å². The third-order valence-electron chi connectivity index (χ3n) is 4.24. The summed E-state index contributed by atoms with van der Waals surface area (Å²) in [4.78, 5) is 0.436. The van der Waals surface area contributed by atoms with E-state index in [4.69, 9.17) is 0 Å². The van der Waals surface area contributed by atoms with Crippen LogP contribution in [0.3, 0.4) is 0 Å². The van der Waals surface area contributed by atoms with Crippen molar-refractivity contribution in [2.75, 3.05) is 25.0 Å². The Morgan fingerprint density at radius 2 is 1.70 bits per heavy atom. The zero-order valence-corrected chi connectivity index (χ0v) is 12.6. The highest BCUT2D eigenvalue weighted by atomic mass is 32.2. The molecule has 1 saturated heterocycles. The first-order valence-electron chi connectivity index (χ1n) is 7.55. The fourth-order valence-corrected chi connectivity index (χ4v) is 4.58. The van der Waals surface area contributed by atoms with Gasteiger partial charge in [0.25, 0.3) is 0 Å². The maximum Gasteiger partial charge on any atom is 0.243 e. The van der Waals surface area contributed by atoms with E-state index in [0.29, 0.717) is 18.0 Å². The largest absolute Gasteiger partial charge is 0.384 e. The van der Waals surface area contributed by atoms with Crippen molar-refractivity contribution in [1.29, 1.82) is 0 Å². The Balaban J connectivity index is 1.86. The van der Waals surface area contributed by atoms with E-state index >= 15 is 0 Å². The molecule has 1 N–H and O–H groups in total. The monoisotopic (exact) mass is 294 g/mol. The van der Waals surface area contributed by atoms with E-state index < -0.39 is 10.0 Å². The standard InChI is InChI=1S/C15H22N2O2S/c18-20(19,17-10-4-2-1-3-5-11-17)14-7-6-13-8-9-16-15(13)12-14/h6-7,12,16H,1-5,8-11H2.